The molecule has 0 aromatic heterocycles. The van der Waals surface area contributed by atoms with Gasteiger partial charge in [0.15, 0.2) is 13.1 Å². The van der Waals surface area contributed by atoms with Crippen LogP contribution >= 0.6 is 0 Å². The number of methoxy groups -OCH3 is 1. The van der Waals surface area contributed by atoms with Gasteiger partial charge in [-0.25, -0.2) is 0 Å². The van der Waals surface area contributed by atoms with Crippen LogP contribution in [0, 0.1) is 0 Å². The first-order valence-corrected chi connectivity index (χ1v) is 9.30. The summed E-state index contributed by atoms with van der Waals surface area (Å²) in [7, 11) is 1.58. The van der Waals surface area contributed by atoms with Crippen molar-refractivity contribution in [3.8, 4) is 5.75 Å². The van der Waals surface area contributed by atoms with Gasteiger partial charge in [0.1, 0.15) is 11.8 Å². The highest BCUT2D eigenvalue weighted by Gasteiger charge is 2.32. The predicted molar refractivity (Wildman–Crippen MR) is 101 cm³/mol. The summed E-state index contributed by atoms with van der Waals surface area (Å²) in [6, 6.07) is 6.53. The minimum absolute atomic E-state index is 0.132. The minimum atomic E-state index is -0.530. The molecule has 0 saturated carbocycles. The van der Waals surface area contributed by atoms with E-state index in [1.54, 1.807) is 36.3 Å². The second-order valence-corrected chi connectivity index (χ2v) is 6.73. The number of anilines is 1. The zero-order chi connectivity index (χ0) is 19.8. The van der Waals surface area contributed by atoms with Crippen LogP contribution in [0.2, 0.25) is 0 Å². The number of amides is 3. The molecule has 1 fully saturated rings. The summed E-state index contributed by atoms with van der Waals surface area (Å²) in [5, 5.41) is 2.82. The third-order valence-electron chi connectivity index (χ3n) is 4.84. The smallest absolute Gasteiger partial charge is 0.279 e. The number of likely N-dealkylation sites (tertiary alicyclic amines) is 1. The molecule has 8 heteroatoms. The Morgan fingerprint density at radius 3 is 2.52 bits per heavy atom. The number of rotatable bonds is 8. The molecule has 1 aromatic rings. The Hall–Kier alpha value is -2.61. The van der Waals surface area contributed by atoms with E-state index in [1.165, 1.54) is 0 Å². The summed E-state index contributed by atoms with van der Waals surface area (Å²) in [6.07, 6.45) is 2.38. The fraction of sp³-hybridized carbons (Fsp3) is 0.526. The fourth-order valence-electron chi connectivity index (χ4n) is 3.26. The first-order valence-electron chi connectivity index (χ1n) is 9.30. The molecule has 8 nitrogen and oxygen atoms in total. The van der Waals surface area contributed by atoms with Gasteiger partial charge in [0, 0.05) is 12.2 Å². The zero-order valence-electron chi connectivity index (χ0n) is 16.0. The van der Waals surface area contributed by atoms with Gasteiger partial charge < -0.3 is 25.6 Å². The molecule has 0 aliphatic carbocycles. The lowest BCUT2D eigenvalue weighted by Crippen LogP contribution is -3.14. The minimum Gasteiger partial charge on any atom is -0.497 e. The van der Waals surface area contributed by atoms with Crippen molar-refractivity contribution in [1.82, 2.24) is 4.90 Å². The highest BCUT2D eigenvalue weighted by atomic mass is 16.5. The Morgan fingerprint density at radius 2 is 1.93 bits per heavy atom. The van der Waals surface area contributed by atoms with Crippen LogP contribution in [0.5, 0.6) is 5.75 Å². The molecule has 3 amide bonds. The molecule has 1 saturated heterocycles. The van der Waals surface area contributed by atoms with E-state index in [0.29, 0.717) is 30.9 Å². The summed E-state index contributed by atoms with van der Waals surface area (Å²) in [5.41, 5.74) is 6.11. The molecule has 1 aliphatic heterocycles. The van der Waals surface area contributed by atoms with Crippen molar-refractivity contribution in [2.75, 3.05) is 38.6 Å². The Labute approximate surface area is 159 Å². The van der Waals surface area contributed by atoms with Gasteiger partial charge in [0.2, 0.25) is 5.91 Å². The molecule has 1 aliphatic rings. The number of hydrogen-bond donors (Lipinski definition) is 3. The van der Waals surface area contributed by atoms with Gasteiger partial charge in [0.05, 0.1) is 13.7 Å². The van der Waals surface area contributed by atoms with Gasteiger partial charge in [-0.3, -0.25) is 14.4 Å². The van der Waals surface area contributed by atoms with Crippen molar-refractivity contribution < 1.29 is 24.0 Å². The van der Waals surface area contributed by atoms with Gasteiger partial charge in [0.25, 0.3) is 11.8 Å². The number of benzene rings is 1. The summed E-state index contributed by atoms with van der Waals surface area (Å²) in [6.45, 7) is 3.42. The topological polar surface area (TPSA) is 106 Å². The Balaban J connectivity index is 1.90. The largest absolute Gasteiger partial charge is 0.497 e. The van der Waals surface area contributed by atoms with Gasteiger partial charge in [-0.05, 0) is 50.5 Å². The zero-order valence-corrected chi connectivity index (χ0v) is 16.0. The van der Waals surface area contributed by atoms with Gasteiger partial charge in [-0.2, -0.15) is 0 Å². The number of ether oxygens (including phenoxy) is 1. The molecule has 2 atom stereocenters. The third kappa shape index (κ3) is 5.96. The quantitative estimate of drug-likeness (QED) is 0.563. The molecule has 1 unspecified atom stereocenters. The number of primary amides is 1. The maximum atomic E-state index is 12.6. The Kier molecular flexibility index (Phi) is 7.60. The molecule has 2 rings (SSSR count). The number of quaternary nitrogens is 1. The van der Waals surface area contributed by atoms with Crippen molar-refractivity contribution in [3.63, 3.8) is 0 Å². The van der Waals surface area contributed by atoms with E-state index in [9.17, 15) is 14.4 Å². The molecule has 4 N–H and O–H groups in total. The molecule has 27 heavy (non-hydrogen) atoms. The van der Waals surface area contributed by atoms with E-state index >= 15 is 0 Å². The highest BCUT2D eigenvalue weighted by Crippen LogP contribution is 2.16. The van der Waals surface area contributed by atoms with Crippen molar-refractivity contribution in [2.45, 2.75) is 32.2 Å². The van der Waals surface area contributed by atoms with Crippen LogP contribution in [0.4, 0.5) is 5.69 Å². The number of nitrogens with one attached hydrogen (secondary N) is 2. The number of nitrogens with zero attached hydrogens (tertiary/aromatic N) is 1. The van der Waals surface area contributed by atoms with Crippen molar-refractivity contribution in [1.29, 1.82) is 0 Å². The number of likely N-dealkylation sites (N-methyl/N-ethyl adjacent to an activating group) is 1. The first kappa shape index (κ1) is 20.7. The maximum absolute atomic E-state index is 12.6. The van der Waals surface area contributed by atoms with Crippen molar-refractivity contribution in [3.05, 3.63) is 24.3 Å². The Morgan fingerprint density at radius 1 is 1.22 bits per heavy atom. The standard InChI is InChI=1S/C19H28N4O4/c1-3-22(12-17(24)21-14-7-9-15(27-2)10-8-14)13-18(25)23-11-5-4-6-16(23)19(20)26/h7-10,16H,3-6,11-13H2,1-2H3,(H2,20,26)(H,21,24)/p+1/t16-/m1/s1. The average Bonchev–Trinajstić information content (AvgIpc) is 2.67. The second-order valence-electron chi connectivity index (χ2n) is 6.73. The number of carbonyl (C=O) groups excluding carboxylic acids is 3. The third-order valence-corrected chi connectivity index (χ3v) is 4.84. The van der Waals surface area contributed by atoms with Crippen molar-refractivity contribution in [2.24, 2.45) is 5.73 Å². The highest BCUT2D eigenvalue weighted by molar-refractivity contribution is 5.91. The number of carbonyl (C=O) groups is 3. The van der Waals surface area contributed by atoms with E-state index in [2.05, 4.69) is 5.32 Å². The summed E-state index contributed by atoms with van der Waals surface area (Å²) in [5.74, 6) is -0.0502. The van der Waals surface area contributed by atoms with Crippen LogP contribution in [-0.4, -0.2) is 62.0 Å². The molecular weight excluding hydrogens is 348 g/mol. The van der Waals surface area contributed by atoms with E-state index in [-0.39, 0.29) is 24.9 Å². The summed E-state index contributed by atoms with van der Waals surface area (Å²) in [4.78, 5) is 39.0. The fourth-order valence-corrected chi connectivity index (χ4v) is 3.26. The second kappa shape index (κ2) is 9.91. The van der Waals surface area contributed by atoms with E-state index in [0.717, 1.165) is 17.7 Å². The SMILES string of the molecule is CC[NH+](CC(=O)Nc1ccc(OC)cc1)CC(=O)N1CCCC[C@@H]1C(N)=O. The molecule has 0 radical (unpaired) electrons. The molecule has 1 aromatic carbocycles. The maximum Gasteiger partial charge on any atom is 0.279 e. The predicted octanol–water partition coefficient (Wildman–Crippen LogP) is -0.595. The average molecular weight is 377 g/mol. The summed E-state index contributed by atoms with van der Waals surface area (Å²) >= 11 is 0. The lowest BCUT2D eigenvalue weighted by molar-refractivity contribution is -0.882. The van der Waals surface area contributed by atoms with Crippen LogP contribution in [0.1, 0.15) is 26.2 Å². The first-order chi connectivity index (χ1) is 12.9. The molecular formula is C19H29N4O4+. The van der Waals surface area contributed by atoms with Gasteiger partial charge in [-0.1, -0.05) is 0 Å². The van der Waals surface area contributed by atoms with Crippen LogP contribution in [0.25, 0.3) is 0 Å². The lowest BCUT2D eigenvalue weighted by atomic mass is 10.0. The van der Waals surface area contributed by atoms with E-state index in [1.807, 2.05) is 6.92 Å². The number of piperidine rings is 1. The molecule has 0 bridgehead atoms. The molecule has 148 valence electrons. The van der Waals surface area contributed by atoms with Gasteiger partial charge >= 0.3 is 0 Å². The van der Waals surface area contributed by atoms with E-state index < -0.39 is 11.9 Å². The van der Waals surface area contributed by atoms with Crippen LogP contribution in [0.15, 0.2) is 24.3 Å². The van der Waals surface area contributed by atoms with E-state index in [4.69, 9.17) is 10.5 Å². The molecule has 1 heterocycles. The lowest BCUT2D eigenvalue weighted by Gasteiger charge is -2.34. The van der Waals surface area contributed by atoms with Crippen LogP contribution < -0.4 is 20.7 Å². The Bertz CT molecular complexity index is 662. The molecule has 0 spiro atoms. The van der Waals surface area contributed by atoms with Crippen LogP contribution in [0.3, 0.4) is 0 Å². The normalized spacial score (nSPS) is 17.9. The van der Waals surface area contributed by atoms with Crippen LogP contribution in [-0.2, 0) is 14.4 Å². The monoisotopic (exact) mass is 377 g/mol. The summed E-state index contributed by atoms with van der Waals surface area (Å²) < 4.78 is 5.09. The van der Waals surface area contributed by atoms with Crippen molar-refractivity contribution >= 4 is 23.4 Å². The number of nitrogens with two attached hydrogens (primary N) is 1. The number of hydrogen-bond acceptors (Lipinski definition) is 4. The van der Waals surface area contributed by atoms with Gasteiger partial charge in [-0.15, -0.1) is 0 Å².